The van der Waals surface area contributed by atoms with Crippen molar-refractivity contribution in [3.8, 4) is 5.75 Å². The van der Waals surface area contributed by atoms with Gasteiger partial charge in [0.25, 0.3) is 0 Å². The Morgan fingerprint density at radius 1 is 0.862 bits per heavy atom. The van der Waals surface area contributed by atoms with Gasteiger partial charge in [-0.1, -0.05) is 75.5 Å². The summed E-state index contributed by atoms with van der Waals surface area (Å²) in [5.41, 5.74) is 0.0147. The highest BCUT2D eigenvalue weighted by Crippen LogP contribution is 2.19. The van der Waals surface area contributed by atoms with Crippen molar-refractivity contribution in [2.45, 2.75) is 84.0 Å². The first-order chi connectivity index (χ1) is 14.1. The lowest BCUT2D eigenvalue weighted by molar-refractivity contribution is -0.134. The molecule has 4 heteroatoms. The first-order valence-corrected chi connectivity index (χ1v) is 11.0. The molecule has 0 spiro atoms. The molecule has 1 aromatic carbocycles. The SMILES string of the molecule is CCCCC/C=C\C/C=C\CCCCCCCC(=O)Oc1ccccc1C(=O)O. The quantitative estimate of drug-likeness (QED) is 0.139. The van der Waals surface area contributed by atoms with Gasteiger partial charge in [0, 0.05) is 6.42 Å². The van der Waals surface area contributed by atoms with Crippen LogP contribution in [0.15, 0.2) is 48.6 Å². The number of ether oxygens (including phenoxy) is 1. The van der Waals surface area contributed by atoms with Crippen LogP contribution in [0.4, 0.5) is 0 Å². The van der Waals surface area contributed by atoms with Crippen LogP contribution in [-0.4, -0.2) is 17.0 Å². The van der Waals surface area contributed by atoms with E-state index in [1.54, 1.807) is 12.1 Å². The number of para-hydroxylation sites is 1. The molecule has 1 N–H and O–H groups in total. The smallest absolute Gasteiger partial charge is 0.339 e. The molecule has 0 aliphatic rings. The third-order valence-electron chi connectivity index (χ3n) is 4.67. The summed E-state index contributed by atoms with van der Waals surface area (Å²) in [6, 6.07) is 6.22. The molecule has 0 fully saturated rings. The minimum atomic E-state index is -1.09. The van der Waals surface area contributed by atoms with E-state index in [2.05, 4.69) is 31.2 Å². The molecule has 0 aliphatic heterocycles. The lowest BCUT2D eigenvalue weighted by Crippen LogP contribution is -2.10. The Bertz CT molecular complexity index is 646. The summed E-state index contributed by atoms with van der Waals surface area (Å²) in [4.78, 5) is 23.0. The maximum atomic E-state index is 11.9. The van der Waals surface area contributed by atoms with Crippen molar-refractivity contribution in [1.29, 1.82) is 0 Å². The predicted molar refractivity (Wildman–Crippen MR) is 118 cm³/mol. The van der Waals surface area contributed by atoms with Crippen LogP contribution in [0.5, 0.6) is 5.75 Å². The number of carbonyl (C=O) groups excluding carboxylic acids is 1. The van der Waals surface area contributed by atoms with Crippen molar-refractivity contribution in [2.24, 2.45) is 0 Å². The molecule has 29 heavy (non-hydrogen) atoms. The van der Waals surface area contributed by atoms with Crippen LogP contribution in [-0.2, 0) is 4.79 Å². The average molecular weight is 401 g/mol. The van der Waals surface area contributed by atoms with E-state index >= 15 is 0 Å². The second kappa shape index (κ2) is 16.6. The number of aromatic carboxylic acids is 1. The van der Waals surface area contributed by atoms with Gasteiger partial charge in [-0.3, -0.25) is 4.79 Å². The predicted octanol–water partition coefficient (Wildman–Crippen LogP) is 7.10. The fourth-order valence-electron chi connectivity index (χ4n) is 2.99. The van der Waals surface area contributed by atoms with Gasteiger partial charge in [0.05, 0.1) is 0 Å². The third-order valence-corrected chi connectivity index (χ3v) is 4.67. The number of rotatable bonds is 16. The van der Waals surface area contributed by atoms with Crippen molar-refractivity contribution >= 4 is 11.9 Å². The Morgan fingerprint density at radius 3 is 2.17 bits per heavy atom. The van der Waals surface area contributed by atoms with Crippen molar-refractivity contribution in [1.82, 2.24) is 0 Å². The summed E-state index contributed by atoms with van der Waals surface area (Å²) < 4.78 is 5.19. The second-order valence-electron chi connectivity index (χ2n) is 7.26. The molecule has 0 aliphatic carbocycles. The number of carboxylic acid groups (broad SMARTS) is 1. The molecular weight excluding hydrogens is 364 g/mol. The molecular formula is C25H36O4. The molecule has 0 aromatic heterocycles. The van der Waals surface area contributed by atoms with Crippen molar-refractivity contribution in [2.75, 3.05) is 0 Å². The van der Waals surface area contributed by atoms with Gasteiger partial charge in [0.15, 0.2) is 0 Å². The largest absolute Gasteiger partial charge is 0.478 e. The van der Waals surface area contributed by atoms with Gasteiger partial charge >= 0.3 is 11.9 Å². The van der Waals surface area contributed by atoms with E-state index in [9.17, 15) is 9.59 Å². The van der Waals surface area contributed by atoms with Crippen LogP contribution < -0.4 is 4.74 Å². The summed E-state index contributed by atoms with van der Waals surface area (Å²) in [6.07, 6.45) is 21.8. The third kappa shape index (κ3) is 12.7. The lowest BCUT2D eigenvalue weighted by atomic mass is 10.1. The zero-order valence-corrected chi connectivity index (χ0v) is 17.8. The topological polar surface area (TPSA) is 63.6 Å². The lowest BCUT2D eigenvalue weighted by Gasteiger charge is -2.07. The first-order valence-electron chi connectivity index (χ1n) is 11.0. The first kappa shape index (κ1) is 24.7. The van der Waals surface area contributed by atoms with E-state index < -0.39 is 5.97 Å². The second-order valence-corrected chi connectivity index (χ2v) is 7.26. The van der Waals surface area contributed by atoms with Gasteiger partial charge in [-0.25, -0.2) is 4.79 Å². The fraction of sp³-hybridized carbons (Fsp3) is 0.520. The molecule has 0 radical (unpaired) electrons. The van der Waals surface area contributed by atoms with Crippen LogP contribution in [0.25, 0.3) is 0 Å². The molecule has 0 saturated heterocycles. The van der Waals surface area contributed by atoms with E-state index in [1.165, 1.54) is 44.2 Å². The molecule has 0 atom stereocenters. The van der Waals surface area contributed by atoms with Gasteiger partial charge in [0.2, 0.25) is 0 Å². The number of hydrogen-bond acceptors (Lipinski definition) is 3. The number of benzene rings is 1. The van der Waals surface area contributed by atoms with Crippen LogP contribution in [0, 0.1) is 0 Å². The zero-order valence-electron chi connectivity index (χ0n) is 17.8. The van der Waals surface area contributed by atoms with Crippen LogP contribution in [0.2, 0.25) is 0 Å². The maximum Gasteiger partial charge on any atom is 0.339 e. The molecule has 4 nitrogen and oxygen atoms in total. The van der Waals surface area contributed by atoms with Gasteiger partial charge in [0.1, 0.15) is 11.3 Å². The summed E-state index contributed by atoms with van der Waals surface area (Å²) in [5.74, 6) is -1.34. The number of esters is 1. The van der Waals surface area contributed by atoms with Crippen molar-refractivity contribution in [3.05, 3.63) is 54.1 Å². The fourth-order valence-corrected chi connectivity index (χ4v) is 2.99. The average Bonchev–Trinajstić information content (AvgIpc) is 2.71. The monoisotopic (exact) mass is 400 g/mol. The van der Waals surface area contributed by atoms with E-state index in [0.29, 0.717) is 6.42 Å². The van der Waals surface area contributed by atoms with E-state index in [-0.39, 0.29) is 17.3 Å². The Kier molecular flexibility index (Phi) is 14.1. The Labute approximate surface area is 175 Å². The minimum absolute atomic E-state index is 0.0147. The van der Waals surface area contributed by atoms with E-state index in [1.807, 2.05) is 0 Å². The van der Waals surface area contributed by atoms with Gasteiger partial charge in [-0.05, 0) is 50.7 Å². The summed E-state index contributed by atoms with van der Waals surface area (Å²) in [6.45, 7) is 2.23. The highest BCUT2D eigenvalue weighted by atomic mass is 16.5. The van der Waals surface area contributed by atoms with Gasteiger partial charge < -0.3 is 9.84 Å². The number of unbranched alkanes of at least 4 members (excludes halogenated alkanes) is 8. The summed E-state index contributed by atoms with van der Waals surface area (Å²) in [5, 5.41) is 9.10. The number of carboxylic acids is 1. The highest BCUT2D eigenvalue weighted by Gasteiger charge is 2.13. The van der Waals surface area contributed by atoms with Crippen LogP contribution >= 0.6 is 0 Å². The molecule has 0 saturated carbocycles. The highest BCUT2D eigenvalue weighted by molar-refractivity contribution is 5.91. The standard InChI is InChI=1S/C25H36O4/c1-2-3-4-5-6-7-8-9-10-11-12-13-14-15-16-21-24(26)29-23-20-18-17-19-22(23)25(27)28/h6-7,9-10,17-20H,2-5,8,11-16,21H2,1H3,(H,27,28)/b7-6-,10-9-. The Balaban J connectivity index is 2.01. The minimum Gasteiger partial charge on any atom is -0.478 e. The Hall–Kier alpha value is -2.36. The summed E-state index contributed by atoms with van der Waals surface area (Å²) >= 11 is 0. The molecule has 160 valence electrons. The summed E-state index contributed by atoms with van der Waals surface area (Å²) in [7, 11) is 0. The molecule has 0 bridgehead atoms. The molecule has 1 rings (SSSR count). The molecule has 0 amide bonds. The van der Waals surface area contributed by atoms with Gasteiger partial charge in [-0.2, -0.15) is 0 Å². The van der Waals surface area contributed by atoms with Crippen LogP contribution in [0.1, 0.15) is 94.3 Å². The normalized spacial score (nSPS) is 11.3. The number of hydrogen-bond donors (Lipinski definition) is 1. The molecule has 0 unspecified atom stereocenters. The molecule has 0 heterocycles. The molecule has 1 aromatic rings. The zero-order chi connectivity index (χ0) is 21.2. The van der Waals surface area contributed by atoms with Crippen molar-refractivity contribution < 1.29 is 19.4 Å². The van der Waals surface area contributed by atoms with E-state index in [0.717, 1.165) is 38.5 Å². The van der Waals surface area contributed by atoms with Gasteiger partial charge in [-0.15, -0.1) is 0 Å². The Morgan fingerprint density at radius 2 is 1.48 bits per heavy atom. The number of allylic oxidation sites excluding steroid dienone is 4. The van der Waals surface area contributed by atoms with Crippen molar-refractivity contribution in [3.63, 3.8) is 0 Å². The van der Waals surface area contributed by atoms with Crippen LogP contribution in [0.3, 0.4) is 0 Å². The number of carbonyl (C=O) groups is 2. The maximum absolute atomic E-state index is 11.9. The van der Waals surface area contributed by atoms with E-state index in [4.69, 9.17) is 9.84 Å².